The van der Waals surface area contributed by atoms with E-state index in [0.717, 1.165) is 117 Å². The number of thiocarbonyl (C=S) groups is 1. The first-order chi connectivity index (χ1) is 68.2. The number of para-hydroxylation sites is 2. The van der Waals surface area contributed by atoms with Gasteiger partial charge in [0.15, 0.2) is 51.4 Å². The summed E-state index contributed by atoms with van der Waals surface area (Å²) in [6.07, 6.45) is 6.68. The first-order valence-corrected chi connectivity index (χ1v) is 47.0. The number of thiocyanates is 1. The van der Waals surface area contributed by atoms with Crippen molar-refractivity contribution >= 4 is 209 Å². The molecule has 18 aromatic rings. The van der Waals surface area contributed by atoms with Crippen LogP contribution in [0.1, 0.15) is 11.1 Å². The van der Waals surface area contributed by atoms with Crippen molar-refractivity contribution in [1.29, 1.82) is 5.26 Å². The molecule has 141 heavy (non-hydrogen) atoms. The zero-order valence-corrected chi connectivity index (χ0v) is 81.8. The molecule has 1 amide bonds. The number of rotatable bonds is 27. The van der Waals surface area contributed by atoms with Gasteiger partial charge >= 0.3 is 0 Å². The summed E-state index contributed by atoms with van der Waals surface area (Å²) < 4.78 is 115. The number of nitriles is 1. The summed E-state index contributed by atoms with van der Waals surface area (Å²) in [5.41, 5.74) is 18.9. The number of carbonyl (C=O) groups is 2. The number of thioether (sulfide) groups is 1. The quantitative estimate of drug-likeness (QED) is 0.00478. The number of nitrogen functional groups attached to an aromatic ring is 2. The predicted octanol–water partition coefficient (Wildman–Crippen LogP) is 26.5. The van der Waals surface area contributed by atoms with E-state index in [9.17, 15) is 43.0 Å². The van der Waals surface area contributed by atoms with Crippen LogP contribution in [0.25, 0.3) is 40.9 Å². The number of pyridine rings is 4. The number of nitro benzene ring substituents is 2. The molecule has 0 radical (unpaired) electrons. The van der Waals surface area contributed by atoms with Crippen LogP contribution in [-0.4, -0.2) is 88.6 Å². The van der Waals surface area contributed by atoms with Gasteiger partial charge in [-0.25, -0.2) is 17.6 Å². The Morgan fingerprint density at radius 3 is 1.14 bits per heavy atom. The predicted molar refractivity (Wildman–Crippen MR) is 557 cm³/mol. The molecule has 9 N–H and O–H groups in total. The number of carbonyl (C=O) groups excluding carboxylic acids is 2. The Bertz CT molecular complexity index is 7590. The van der Waals surface area contributed by atoms with Crippen molar-refractivity contribution < 1.29 is 84.4 Å². The van der Waals surface area contributed by atoms with Crippen molar-refractivity contribution in [2.24, 2.45) is 0 Å². The van der Waals surface area contributed by atoms with E-state index in [1.54, 1.807) is 134 Å². The summed E-state index contributed by atoms with van der Waals surface area (Å²) >= 11 is 13.9. The lowest BCUT2D eigenvalue weighted by Crippen LogP contribution is -2.35. The van der Waals surface area contributed by atoms with Crippen LogP contribution in [0.3, 0.4) is 0 Å². The molecule has 0 saturated heterocycles. The van der Waals surface area contributed by atoms with Gasteiger partial charge in [-0.1, -0.05) is 60.7 Å². The molecular formula is C100H79F4IN14O16S6. The van der Waals surface area contributed by atoms with Gasteiger partial charge in [0.1, 0.15) is 62.9 Å². The van der Waals surface area contributed by atoms with E-state index in [1.165, 1.54) is 93.9 Å². The second-order valence-electron chi connectivity index (χ2n) is 28.9. The van der Waals surface area contributed by atoms with E-state index in [0.29, 0.717) is 68.7 Å². The van der Waals surface area contributed by atoms with Gasteiger partial charge in [0.2, 0.25) is 11.0 Å². The number of thiophene rings is 4. The molecule has 8 heterocycles. The second-order valence-corrected chi connectivity index (χ2v) is 36.2. The lowest BCUT2D eigenvalue weighted by molar-refractivity contribution is -0.385. The van der Waals surface area contributed by atoms with E-state index in [2.05, 4.69) is 69.1 Å². The van der Waals surface area contributed by atoms with E-state index in [4.69, 9.17) is 76.3 Å². The van der Waals surface area contributed by atoms with Gasteiger partial charge in [-0.2, -0.15) is 5.26 Å². The molecular weight excluding hydrogens is 2050 g/mol. The average molecular weight is 2130 g/mol. The average Bonchev–Trinajstić information content (AvgIpc) is 1.73. The topological polar surface area (TPSA) is 400 Å². The minimum absolute atomic E-state index is 0.0323. The normalized spacial score (nSPS) is 10.4. The van der Waals surface area contributed by atoms with Crippen molar-refractivity contribution in [3.05, 3.63) is 349 Å². The van der Waals surface area contributed by atoms with Gasteiger partial charge in [0.05, 0.1) is 130 Å². The number of hydrogen-bond acceptors (Lipinski definition) is 32. The maximum Gasteiger partial charge on any atom is 0.272 e. The number of aromatic nitrogens is 4. The number of methoxy groups -OCH3 is 6. The number of halogens is 5. The smallest absolute Gasteiger partial charge is 0.272 e. The molecule has 8 aromatic heterocycles. The third-order valence-corrected chi connectivity index (χ3v) is 25.1. The van der Waals surface area contributed by atoms with Crippen LogP contribution in [-0.2, 0) is 22.4 Å². The van der Waals surface area contributed by atoms with Gasteiger partial charge in [0.25, 0.3) is 11.4 Å². The number of hydrogen-bond donors (Lipinski definition) is 7. The van der Waals surface area contributed by atoms with E-state index in [-0.39, 0.29) is 63.3 Å². The van der Waals surface area contributed by atoms with E-state index >= 15 is 4.39 Å². The Labute approximate surface area is 841 Å². The van der Waals surface area contributed by atoms with Crippen LogP contribution in [0.2, 0.25) is 0 Å². The molecule has 41 heteroatoms. The number of amides is 1. The maximum absolute atomic E-state index is 15.0. The first-order valence-electron chi connectivity index (χ1n) is 41.4. The highest BCUT2D eigenvalue weighted by Crippen LogP contribution is 2.45. The zero-order chi connectivity index (χ0) is 100. The van der Waals surface area contributed by atoms with Gasteiger partial charge in [-0.15, -0.1) is 45.3 Å². The fraction of sp³-hybridized carbons (Fsp3) is 0.0800. The summed E-state index contributed by atoms with van der Waals surface area (Å²) in [4.78, 5) is 61.0. The number of ether oxygens (including phenoxy) is 10. The van der Waals surface area contributed by atoms with E-state index in [1.807, 2.05) is 146 Å². The summed E-state index contributed by atoms with van der Waals surface area (Å²) in [6, 6.07) is 74.0. The monoisotopic (exact) mass is 2130 g/mol. The minimum atomic E-state index is -0.810. The molecule has 716 valence electrons. The Kier molecular flexibility index (Phi) is 36.0. The highest BCUT2D eigenvalue weighted by molar-refractivity contribution is 14.1. The molecule has 18 rings (SSSR count). The van der Waals surface area contributed by atoms with Crippen molar-refractivity contribution in [2.45, 2.75) is 12.8 Å². The van der Waals surface area contributed by atoms with Crippen molar-refractivity contribution in [3.63, 3.8) is 0 Å². The SMILES string of the molecule is COc1cccc(N)c1.COc1cccc(Nc2cc3nccc(Oc4ccc(N)cc4F)c3s2)c1.COc1cccc(Nc2cc3nccc(Oc4ccc(NC(=S)NC(=O)Cc5ccccc5OC)cc4F)c3s2)c1.COc1cccc(Nc2cc3nccc(Oc4ccc([N+](=O)[O-])cc4F)c3s2)c1.COc1ccccc1CC(=O)SC#N.O=[N+]([O-])c1ccc(Oc2ccnc3cc(I)sc23)c(F)c1. The van der Waals surface area contributed by atoms with Gasteiger partial charge in [0, 0.05) is 161 Å². The van der Waals surface area contributed by atoms with Crippen LogP contribution < -0.4 is 85.4 Å². The standard InChI is InChI=1S/C30H25FN4O4S2.C20H14FN3O4S.C20H16FN3O2S.C13H6FIN2O3S.C10H9NO2S.C7H9NO/c1-37-21-8-5-7-19(15-21)33-28-17-23-29(41-28)26(12-13-32-23)39-25-11-10-20(16-22(25)31)34-30(40)35-27(36)14-18-6-3-4-9-24(18)38-2;1-27-14-4-2-3-12(9-14)23-19-11-16-20(29-19)18(7-8-22-16)28-17-6-5-13(24(25)26)10-15(17)21;1-25-14-4-2-3-13(10-14)24-19-11-16-20(27-19)18(7-8-23-16)26-17-6-5-12(22)9-15(17)21;14-8-5-7(17(18)19)1-2-10(8)20-11-3-4-16-9-6-12(15)21-13(9)11;1-13-9-5-3-2-4-8(9)6-10(12)14-7-11;1-9-7-4-2-3-6(8)5-7/h3-13,15-17,33H,14H2,1-2H3,(H2,34,35,36,40);2-11,23H,1H3;2-11,24H,22H2,1H3;1-6H;2-5H,6H2,1H3;2-5H,8H2,1H3. The number of nitrogens with zero attached hydrogens (tertiary/aromatic N) is 7. The molecule has 0 unspecified atom stereocenters. The molecule has 0 aliphatic rings. The molecule has 10 aromatic carbocycles. The molecule has 0 saturated carbocycles. The molecule has 0 spiro atoms. The fourth-order valence-corrected chi connectivity index (χ4v) is 18.1. The molecule has 0 aliphatic heterocycles. The van der Waals surface area contributed by atoms with Crippen LogP contribution in [0.5, 0.6) is 80.5 Å². The first kappa shape index (κ1) is 102. The van der Waals surface area contributed by atoms with Crippen LogP contribution >= 0.6 is 91.9 Å². The highest BCUT2D eigenvalue weighted by Gasteiger charge is 2.22. The lowest BCUT2D eigenvalue weighted by atomic mass is 10.1. The number of anilines is 9. The number of fused-ring (bicyclic) bond motifs is 4. The largest absolute Gasteiger partial charge is 0.497 e. The number of non-ortho nitro benzene ring substituents is 2. The Morgan fingerprint density at radius 2 is 0.766 bits per heavy atom. The minimum Gasteiger partial charge on any atom is -0.497 e. The summed E-state index contributed by atoms with van der Waals surface area (Å²) in [7, 11) is 9.56. The molecule has 0 atom stereocenters. The highest BCUT2D eigenvalue weighted by atomic mass is 127. The Hall–Kier alpha value is -16.2. The van der Waals surface area contributed by atoms with Crippen molar-refractivity contribution in [3.8, 4) is 85.9 Å². The molecule has 0 bridgehead atoms. The van der Waals surface area contributed by atoms with Gasteiger partial charge < -0.3 is 85.4 Å². The summed E-state index contributed by atoms with van der Waals surface area (Å²) in [6.45, 7) is 0. The Morgan fingerprint density at radius 1 is 0.404 bits per heavy atom. The van der Waals surface area contributed by atoms with Crippen molar-refractivity contribution in [2.75, 3.05) is 75.4 Å². The fourth-order valence-electron chi connectivity index (χ4n) is 12.9. The van der Waals surface area contributed by atoms with Gasteiger partial charge in [-0.3, -0.25) is 49.8 Å². The van der Waals surface area contributed by atoms with Crippen LogP contribution in [0.15, 0.2) is 292 Å². The van der Waals surface area contributed by atoms with Crippen molar-refractivity contribution in [1.82, 2.24) is 25.3 Å². The number of nitro groups is 2. The maximum atomic E-state index is 15.0. The number of nitrogens with one attached hydrogen (secondary N) is 5. The Balaban J connectivity index is 0.000000150. The van der Waals surface area contributed by atoms with Crippen LogP contribution in [0.4, 0.5) is 78.1 Å². The lowest BCUT2D eigenvalue weighted by Gasteiger charge is -2.12. The third kappa shape index (κ3) is 28.7. The molecule has 0 fully saturated rings. The third-order valence-electron chi connectivity index (χ3n) is 19.3. The molecule has 0 aliphatic carbocycles. The van der Waals surface area contributed by atoms with Crippen LogP contribution in [0, 0.1) is 57.0 Å². The summed E-state index contributed by atoms with van der Waals surface area (Å²) in [5.74, 6) is 3.18. The zero-order valence-electron chi connectivity index (χ0n) is 74.8. The second kappa shape index (κ2) is 49.7. The molecule has 30 nitrogen and oxygen atoms in total. The van der Waals surface area contributed by atoms with Gasteiger partial charge in [-0.05, 0) is 156 Å². The number of nitrogens with two attached hydrogens (primary N) is 2. The summed E-state index contributed by atoms with van der Waals surface area (Å²) in [5, 5.41) is 49.2. The van der Waals surface area contributed by atoms with E-state index < -0.39 is 33.1 Å². The number of benzene rings is 10.